The van der Waals surface area contributed by atoms with E-state index >= 15 is 0 Å². The van der Waals surface area contributed by atoms with Crippen LogP contribution in [0.25, 0.3) is 6.08 Å². The van der Waals surface area contributed by atoms with Crippen molar-refractivity contribution in [2.45, 2.75) is 122 Å². The molecule has 0 radical (unpaired) electrons. The van der Waals surface area contributed by atoms with Crippen molar-refractivity contribution in [3.8, 4) is 11.5 Å². The molecule has 4 atom stereocenters. The van der Waals surface area contributed by atoms with E-state index in [4.69, 9.17) is 42.3 Å². The van der Waals surface area contributed by atoms with Crippen LogP contribution in [0.5, 0.6) is 11.5 Å². The first-order valence-corrected chi connectivity index (χ1v) is 28.7. The van der Waals surface area contributed by atoms with E-state index < -0.39 is 52.4 Å². The second-order valence-electron chi connectivity index (χ2n) is 19.5. The molecular weight excluding hydrogens is 881 g/mol. The standard InChI is InChI=1S/C54H72O11Si2/c1-39(65-67(53(2,3)4,42-22-15-13-16-23-42)43-24-17-14-18-25-43)21-19-27-47(61-37-40-29-31-41(58-8)32-30-40)50-48(63-54(5,6)64-50)28-20-26-44-45(51(55)59-9)33-34-46(62-38-57-7)49(44)52(56)60-35-36-66(10,11)12/h13-20,22-27,29-34,39,47-48,50H,21,28,35-38H2,1-12H3/b26-20+,27-19-/t39?,47?,48-,50+/m0/s1. The van der Waals surface area contributed by atoms with Crippen molar-refractivity contribution in [3.05, 3.63) is 138 Å². The Hall–Kier alpha value is -4.87. The van der Waals surface area contributed by atoms with Gasteiger partial charge in [-0.3, -0.25) is 0 Å². The highest BCUT2D eigenvalue weighted by molar-refractivity contribution is 6.99. The fraction of sp³-hybridized carbons (Fsp3) is 0.444. The number of benzene rings is 4. The van der Waals surface area contributed by atoms with Gasteiger partial charge in [0.2, 0.25) is 0 Å². The molecule has 362 valence electrons. The van der Waals surface area contributed by atoms with Gasteiger partial charge in [0, 0.05) is 26.9 Å². The molecule has 0 bridgehead atoms. The van der Waals surface area contributed by atoms with E-state index in [1.54, 1.807) is 25.3 Å². The maximum Gasteiger partial charge on any atom is 0.342 e. The van der Waals surface area contributed by atoms with Gasteiger partial charge in [-0.15, -0.1) is 0 Å². The fourth-order valence-corrected chi connectivity index (χ4v) is 13.7. The van der Waals surface area contributed by atoms with E-state index in [-0.39, 0.29) is 41.4 Å². The maximum atomic E-state index is 13.9. The molecule has 11 nitrogen and oxygen atoms in total. The van der Waals surface area contributed by atoms with Crippen LogP contribution in [0.4, 0.5) is 0 Å². The van der Waals surface area contributed by atoms with Gasteiger partial charge in [0.25, 0.3) is 8.32 Å². The van der Waals surface area contributed by atoms with Gasteiger partial charge in [0.15, 0.2) is 12.6 Å². The minimum absolute atomic E-state index is 0.102. The lowest BCUT2D eigenvalue weighted by Gasteiger charge is -2.44. The molecule has 1 saturated heterocycles. The van der Waals surface area contributed by atoms with Crippen LogP contribution in [0.3, 0.4) is 0 Å². The molecule has 0 saturated carbocycles. The lowest BCUT2D eigenvalue weighted by Crippen LogP contribution is -2.67. The normalized spacial score (nSPS) is 17.4. The number of rotatable bonds is 23. The molecule has 0 amide bonds. The van der Waals surface area contributed by atoms with Gasteiger partial charge < -0.3 is 42.3 Å². The molecule has 0 N–H and O–H groups in total. The maximum absolute atomic E-state index is 13.9. The van der Waals surface area contributed by atoms with Crippen molar-refractivity contribution in [2.24, 2.45) is 0 Å². The van der Waals surface area contributed by atoms with Gasteiger partial charge >= 0.3 is 11.9 Å². The first-order chi connectivity index (χ1) is 31.8. The molecule has 2 unspecified atom stereocenters. The first-order valence-electron chi connectivity index (χ1n) is 23.1. The Morgan fingerprint density at radius 3 is 2.03 bits per heavy atom. The summed E-state index contributed by atoms with van der Waals surface area (Å²) in [6.07, 6.45) is 6.98. The number of esters is 2. The molecular formula is C54H72O11Si2. The fourth-order valence-electron chi connectivity index (χ4n) is 8.30. The van der Waals surface area contributed by atoms with Crippen LogP contribution in [-0.4, -0.2) is 93.3 Å². The molecule has 0 spiro atoms. The third kappa shape index (κ3) is 14.3. The predicted octanol–water partition coefficient (Wildman–Crippen LogP) is 10.4. The van der Waals surface area contributed by atoms with Crippen LogP contribution < -0.4 is 19.8 Å². The molecule has 0 aromatic heterocycles. The molecule has 4 aromatic carbocycles. The Morgan fingerprint density at radius 1 is 0.821 bits per heavy atom. The van der Waals surface area contributed by atoms with Crippen LogP contribution in [-0.2, 0) is 39.5 Å². The number of hydrogen-bond acceptors (Lipinski definition) is 11. The van der Waals surface area contributed by atoms with Crippen molar-refractivity contribution >= 4 is 44.8 Å². The highest BCUT2D eigenvalue weighted by Gasteiger charge is 2.51. The van der Waals surface area contributed by atoms with Gasteiger partial charge in [-0.1, -0.05) is 138 Å². The highest BCUT2D eigenvalue weighted by atomic mass is 28.4. The van der Waals surface area contributed by atoms with Crippen molar-refractivity contribution < 1.29 is 51.9 Å². The molecule has 1 aliphatic heterocycles. The van der Waals surface area contributed by atoms with E-state index in [1.165, 1.54) is 24.6 Å². The summed E-state index contributed by atoms with van der Waals surface area (Å²) in [5, 5.41) is 2.27. The molecule has 1 aliphatic rings. The summed E-state index contributed by atoms with van der Waals surface area (Å²) < 4.78 is 54.8. The van der Waals surface area contributed by atoms with Gasteiger partial charge in [0.05, 0.1) is 39.1 Å². The van der Waals surface area contributed by atoms with Crippen LogP contribution >= 0.6 is 0 Å². The van der Waals surface area contributed by atoms with Crippen molar-refractivity contribution in [3.63, 3.8) is 0 Å². The lowest BCUT2D eigenvalue weighted by atomic mass is 9.97. The van der Waals surface area contributed by atoms with Gasteiger partial charge in [-0.25, -0.2) is 9.59 Å². The van der Waals surface area contributed by atoms with E-state index in [0.29, 0.717) is 25.0 Å². The van der Waals surface area contributed by atoms with Crippen molar-refractivity contribution in [2.75, 3.05) is 34.7 Å². The van der Waals surface area contributed by atoms with Crippen molar-refractivity contribution in [1.82, 2.24) is 0 Å². The van der Waals surface area contributed by atoms with Crippen LogP contribution in [0.2, 0.25) is 30.7 Å². The molecule has 4 aromatic rings. The van der Waals surface area contributed by atoms with Crippen molar-refractivity contribution in [1.29, 1.82) is 0 Å². The zero-order chi connectivity index (χ0) is 48.8. The molecule has 13 heteroatoms. The molecule has 1 heterocycles. The number of methoxy groups -OCH3 is 3. The zero-order valence-corrected chi connectivity index (χ0v) is 43.6. The summed E-state index contributed by atoms with van der Waals surface area (Å²) >= 11 is 0. The van der Waals surface area contributed by atoms with Crippen LogP contribution in [0.1, 0.15) is 86.2 Å². The second kappa shape index (κ2) is 23.9. The summed E-state index contributed by atoms with van der Waals surface area (Å²) in [6.45, 7) is 19.8. The molecule has 67 heavy (non-hydrogen) atoms. The topological polar surface area (TPSA) is 117 Å². The summed E-state index contributed by atoms with van der Waals surface area (Å²) in [5.74, 6) is -1.20. The van der Waals surface area contributed by atoms with Crippen LogP contribution in [0, 0.1) is 0 Å². The Kier molecular flexibility index (Phi) is 19.0. The largest absolute Gasteiger partial charge is 0.497 e. The Bertz CT molecular complexity index is 2210. The third-order valence-corrected chi connectivity index (χ3v) is 18.5. The monoisotopic (exact) mass is 952 g/mol. The highest BCUT2D eigenvalue weighted by Crippen LogP contribution is 2.39. The quantitative estimate of drug-likeness (QED) is 0.0306. The lowest BCUT2D eigenvalue weighted by molar-refractivity contribution is -0.156. The summed E-state index contributed by atoms with van der Waals surface area (Å²) in [5.41, 5.74) is 1.55. The molecule has 0 aliphatic carbocycles. The first kappa shape index (κ1) is 53.1. The second-order valence-corrected chi connectivity index (χ2v) is 29.4. The van der Waals surface area contributed by atoms with E-state index in [9.17, 15) is 9.59 Å². The third-order valence-electron chi connectivity index (χ3n) is 11.6. The molecule has 5 rings (SSSR count). The predicted molar refractivity (Wildman–Crippen MR) is 270 cm³/mol. The Labute approximate surface area is 400 Å². The minimum Gasteiger partial charge on any atom is -0.497 e. The summed E-state index contributed by atoms with van der Waals surface area (Å²) in [6, 6.07) is 33.0. The smallest absolute Gasteiger partial charge is 0.342 e. The minimum atomic E-state index is -2.80. The Morgan fingerprint density at radius 2 is 1.46 bits per heavy atom. The Balaban J connectivity index is 1.47. The van der Waals surface area contributed by atoms with E-state index in [2.05, 4.69) is 108 Å². The van der Waals surface area contributed by atoms with Gasteiger partial charge in [-0.2, -0.15) is 0 Å². The van der Waals surface area contributed by atoms with E-state index in [0.717, 1.165) is 17.4 Å². The molecule has 1 fully saturated rings. The average Bonchev–Trinajstić information content (AvgIpc) is 3.61. The number of ether oxygens (including phenoxy) is 8. The van der Waals surface area contributed by atoms with Gasteiger partial charge in [-0.05, 0) is 84.9 Å². The zero-order valence-electron chi connectivity index (χ0n) is 41.6. The summed E-state index contributed by atoms with van der Waals surface area (Å²) in [7, 11) is 0.105. The number of carbonyl (C=O) groups excluding carboxylic acids is 2. The number of hydrogen-bond donors (Lipinski definition) is 0. The van der Waals surface area contributed by atoms with Gasteiger partial charge in [0.1, 0.15) is 29.3 Å². The van der Waals surface area contributed by atoms with Crippen LogP contribution in [0.15, 0.2) is 115 Å². The number of carbonyl (C=O) groups is 2. The SMILES string of the molecule is COCOc1ccc(C(=O)OC)c(/C=C/C[C@@H]2OC(C)(C)O[C@@H]2C(/C=C\CC(C)O[Si](c2ccccc2)(c2ccccc2)C(C)(C)C)OCc2ccc(OC)cc2)c1C(=O)OCC[Si](C)(C)C. The average molecular weight is 953 g/mol. The summed E-state index contributed by atoms with van der Waals surface area (Å²) in [4.78, 5) is 27.1. The van der Waals surface area contributed by atoms with E-state index in [1.807, 2.05) is 56.3 Å².